The molecule has 0 aliphatic heterocycles. The number of rotatable bonds is 9. The number of pyridine rings is 1. The van der Waals surface area contributed by atoms with Crippen molar-refractivity contribution in [2.75, 3.05) is 6.61 Å². The minimum atomic E-state index is -0.400. The van der Waals surface area contributed by atoms with Gasteiger partial charge in [0, 0.05) is 18.7 Å². The van der Waals surface area contributed by atoms with Crippen LogP contribution in [-0.4, -0.2) is 42.7 Å². The van der Waals surface area contributed by atoms with Crippen LogP contribution in [0.15, 0.2) is 47.3 Å². The van der Waals surface area contributed by atoms with Crippen LogP contribution in [0.2, 0.25) is 0 Å². The van der Waals surface area contributed by atoms with Crippen molar-refractivity contribution in [3.05, 3.63) is 86.5 Å². The molecule has 2 aromatic heterocycles. The minimum Gasteiger partial charge on any atom is -0.465 e. The second-order valence-electron chi connectivity index (χ2n) is 8.78. The van der Waals surface area contributed by atoms with Crippen LogP contribution in [0.3, 0.4) is 0 Å². The molecule has 0 saturated carbocycles. The molecule has 0 atom stereocenters. The maximum absolute atomic E-state index is 13.0. The molecule has 0 aliphatic rings. The van der Waals surface area contributed by atoms with Gasteiger partial charge in [-0.25, -0.2) is 4.68 Å². The molecule has 2 aromatic carbocycles. The smallest absolute Gasteiger partial charge is 0.327 e. The fourth-order valence-corrected chi connectivity index (χ4v) is 4.04. The lowest BCUT2D eigenvalue weighted by molar-refractivity contribution is -0.144. The molecule has 0 bridgehead atoms. The van der Waals surface area contributed by atoms with Crippen LogP contribution in [0.25, 0.3) is 10.9 Å². The Labute approximate surface area is 203 Å². The third kappa shape index (κ3) is 5.81. The molecule has 0 saturated heterocycles. The topological polar surface area (TPSA) is 106 Å². The molecule has 0 radical (unpaired) electrons. The zero-order chi connectivity index (χ0) is 24.9. The highest BCUT2D eigenvalue weighted by Gasteiger charge is 2.18. The normalized spacial score (nSPS) is 11.3. The largest absolute Gasteiger partial charge is 0.465 e. The Kier molecular flexibility index (Phi) is 7.36. The first-order valence-electron chi connectivity index (χ1n) is 11.6. The Morgan fingerprint density at radius 3 is 2.57 bits per heavy atom. The van der Waals surface area contributed by atoms with Gasteiger partial charge >= 0.3 is 5.97 Å². The van der Waals surface area contributed by atoms with E-state index in [-0.39, 0.29) is 12.1 Å². The maximum atomic E-state index is 13.0. The number of aryl methyl sites for hydroxylation is 3. The Morgan fingerprint density at radius 2 is 1.83 bits per heavy atom. The highest BCUT2D eigenvalue weighted by atomic mass is 16.5. The first kappa shape index (κ1) is 24.3. The van der Waals surface area contributed by atoms with Gasteiger partial charge in [-0.2, -0.15) is 0 Å². The van der Waals surface area contributed by atoms with E-state index >= 15 is 0 Å². The number of aromatic amines is 1. The molecule has 0 fully saturated rings. The van der Waals surface area contributed by atoms with Crippen LogP contribution >= 0.6 is 0 Å². The molecular weight excluding hydrogens is 444 g/mol. The molecule has 2 heterocycles. The number of carbonyl (C=O) groups excluding carboxylic acids is 1. The highest BCUT2D eigenvalue weighted by Crippen LogP contribution is 2.20. The van der Waals surface area contributed by atoms with Gasteiger partial charge in [0.2, 0.25) is 0 Å². The van der Waals surface area contributed by atoms with Crippen molar-refractivity contribution in [1.29, 1.82) is 0 Å². The molecule has 1 N–H and O–H groups in total. The number of carbonyl (C=O) groups is 1. The summed E-state index contributed by atoms with van der Waals surface area (Å²) in [4.78, 5) is 30.2. The number of ether oxygens (including phenoxy) is 1. The molecule has 0 spiro atoms. The monoisotopic (exact) mass is 474 g/mol. The molecule has 9 heteroatoms. The average molecular weight is 475 g/mol. The van der Waals surface area contributed by atoms with E-state index in [1.165, 1.54) is 10.2 Å². The molecule has 182 valence electrons. The van der Waals surface area contributed by atoms with Gasteiger partial charge < -0.3 is 9.72 Å². The van der Waals surface area contributed by atoms with E-state index in [2.05, 4.69) is 55.7 Å². The summed E-state index contributed by atoms with van der Waals surface area (Å²) < 4.78 is 6.48. The van der Waals surface area contributed by atoms with Gasteiger partial charge in [0.25, 0.3) is 5.56 Å². The molecule has 9 nitrogen and oxygen atoms in total. The minimum absolute atomic E-state index is 0.0657. The van der Waals surface area contributed by atoms with Crippen molar-refractivity contribution in [3.63, 3.8) is 0 Å². The van der Waals surface area contributed by atoms with Crippen LogP contribution < -0.4 is 5.56 Å². The molecule has 35 heavy (non-hydrogen) atoms. The third-order valence-electron chi connectivity index (χ3n) is 6.10. The Bertz CT molecular complexity index is 1390. The first-order valence-corrected chi connectivity index (χ1v) is 11.6. The van der Waals surface area contributed by atoms with Crippen molar-refractivity contribution in [1.82, 2.24) is 30.1 Å². The molecular formula is C26H30N6O3. The van der Waals surface area contributed by atoms with Crippen LogP contribution in [0.5, 0.6) is 0 Å². The van der Waals surface area contributed by atoms with E-state index in [0.717, 1.165) is 27.6 Å². The molecule has 0 aliphatic carbocycles. The zero-order valence-electron chi connectivity index (χ0n) is 20.5. The summed E-state index contributed by atoms with van der Waals surface area (Å²) in [5.41, 5.74) is 5.88. The van der Waals surface area contributed by atoms with Gasteiger partial charge in [-0.15, -0.1) is 5.10 Å². The van der Waals surface area contributed by atoms with Gasteiger partial charge in [0.05, 0.1) is 18.7 Å². The number of nitrogens with one attached hydrogen (secondary N) is 1. The number of esters is 1. The lowest BCUT2D eigenvalue weighted by Gasteiger charge is -2.22. The average Bonchev–Trinajstić information content (AvgIpc) is 3.25. The summed E-state index contributed by atoms with van der Waals surface area (Å²) in [6, 6.07) is 14.3. The maximum Gasteiger partial charge on any atom is 0.327 e. The number of hydrogen-bond acceptors (Lipinski definition) is 7. The van der Waals surface area contributed by atoms with Crippen LogP contribution in [0.1, 0.15) is 40.6 Å². The summed E-state index contributed by atoms with van der Waals surface area (Å²) >= 11 is 0. The summed E-state index contributed by atoms with van der Waals surface area (Å²) in [7, 11) is 0. The standard InChI is InChI=1S/C26H30N6O3/c1-5-35-24(33)16-32-23(28-29-30-32)15-31(13-20-9-6-17(2)7-10-20)14-22-12-21-11-8-18(3)19(4)25(21)27-26(22)34/h6-12H,5,13-16H2,1-4H3,(H,27,34). The van der Waals surface area contributed by atoms with Gasteiger partial charge in [0.15, 0.2) is 5.82 Å². The van der Waals surface area contributed by atoms with Crippen LogP contribution in [0, 0.1) is 20.8 Å². The van der Waals surface area contributed by atoms with E-state index in [0.29, 0.717) is 37.6 Å². The molecule has 4 rings (SSSR count). The number of hydrogen-bond donors (Lipinski definition) is 1. The summed E-state index contributed by atoms with van der Waals surface area (Å²) in [5, 5.41) is 12.8. The Balaban J connectivity index is 1.64. The number of tetrazole rings is 1. The van der Waals surface area contributed by atoms with Crippen LogP contribution in [-0.2, 0) is 35.7 Å². The van der Waals surface area contributed by atoms with Gasteiger partial charge in [-0.05, 0) is 66.3 Å². The summed E-state index contributed by atoms with van der Waals surface area (Å²) in [5.74, 6) is 0.122. The van der Waals surface area contributed by atoms with Crippen molar-refractivity contribution in [2.24, 2.45) is 0 Å². The van der Waals surface area contributed by atoms with E-state index in [1.54, 1.807) is 6.92 Å². The molecule has 0 unspecified atom stereocenters. The number of nitrogens with zero attached hydrogens (tertiary/aromatic N) is 5. The van der Waals surface area contributed by atoms with Crippen molar-refractivity contribution >= 4 is 16.9 Å². The first-order chi connectivity index (χ1) is 16.8. The highest BCUT2D eigenvalue weighted by molar-refractivity contribution is 5.83. The summed E-state index contributed by atoms with van der Waals surface area (Å²) in [6.45, 7) is 9.39. The predicted molar refractivity (Wildman–Crippen MR) is 133 cm³/mol. The van der Waals surface area contributed by atoms with E-state index in [9.17, 15) is 9.59 Å². The quantitative estimate of drug-likeness (QED) is 0.371. The molecule has 0 amide bonds. The number of H-pyrrole nitrogens is 1. The number of benzene rings is 2. The van der Waals surface area contributed by atoms with E-state index < -0.39 is 5.97 Å². The summed E-state index contributed by atoms with van der Waals surface area (Å²) in [6.07, 6.45) is 0. The van der Waals surface area contributed by atoms with Crippen molar-refractivity contribution < 1.29 is 9.53 Å². The Hall–Kier alpha value is -3.85. The lowest BCUT2D eigenvalue weighted by Crippen LogP contribution is -2.28. The fraction of sp³-hybridized carbons (Fsp3) is 0.346. The zero-order valence-corrected chi connectivity index (χ0v) is 20.5. The van der Waals surface area contributed by atoms with Crippen molar-refractivity contribution in [3.8, 4) is 0 Å². The third-order valence-corrected chi connectivity index (χ3v) is 6.10. The van der Waals surface area contributed by atoms with Gasteiger partial charge in [-0.1, -0.05) is 42.0 Å². The SMILES string of the molecule is CCOC(=O)Cn1nnnc1CN(Cc1ccc(C)cc1)Cc1cc2ccc(C)c(C)c2[nH]c1=O. The fourth-order valence-electron chi connectivity index (χ4n) is 4.04. The molecule has 4 aromatic rings. The Morgan fingerprint density at radius 1 is 1.06 bits per heavy atom. The van der Waals surface area contributed by atoms with E-state index in [4.69, 9.17) is 4.74 Å². The van der Waals surface area contributed by atoms with Crippen molar-refractivity contribution in [2.45, 2.75) is 53.9 Å². The van der Waals surface area contributed by atoms with Gasteiger partial charge in [-0.3, -0.25) is 14.5 Å². The van der Waals surface area contributed by atoms with E-state index in [1.807, 2.05) is 32.9 Å². The van der Waals surface area contributed by atoms with Crippen LogP contribution in [0.4, 0.5) is 0 Å². The second kappa shape index (κ2) is 10.6. The number of aromatic nitrogens is 5. The number of fused-ring (bicyclic) bond motifs is 1. The second-order valence-corrected chi connectivity index (χ2v) is 8.78. The lowest BCUT2D eigenvalue weighted by atomic mass is 10.0. The van der Waals surface area contributed by atoms with Gasteiger partial charge in [0.1, 0.15) is 6.54 Å². The predicted octanol–water partition coefficient (Wildman–Crippen LogP) is 3.21.